The maximum absolute atomic E-state index is 13.5. The molecule has 8 heteroatoms. The Morgan fingerprint density at radius 3 is 2.26 bits per heavy atom. The maximum Gasteiger partial charge on any atom is 0.311 e. The van der Waals surface area contributed by atoms with E-state index in [9.17, 15) is 24.3 Å². The molecule has 0 unspecified atom stereocenters. The number of ketones is 1. The first-order valence-electron chi connectivity index (χ1n) is 12.0. The van der Waals surface area contributed by atoms with Gasteiger partial charge in [0.25, 0.3) is 0 Å². The first-order chi connectivity index (χ1) is 15.5. The Hall–Kier alpha value is -2.22. The van der Waals surface area contributed by atoms with E-state index in [1.54, 1.807) is 27.7 Å². The highest BCUT2D eigenvalue weighted by Crippen LogP contribution is 2.71. The van der Waals surface area contributed by atoms with Crippen molar-refractivity contribution >= 4 is 23.7 Å². The number of cyclic esters (lactones) is 2. The van der Waals surface area contributed by atoms with Crippen LogP contribution in [-0.2, 0) is 33.4 Å². The van der Waals surface area contributed by atoms with Gasteiger partial charge in [0.1, 0.15) is 11.7 Å². The number of hydrogen-bond acceptors (Lipinski definition) is 8. The average molecular weight is 477 g/mol. The molecule has 34 heavy (non-hydrogen) atoms. The topological polar surface area (TPSA) is 116 Å². The Bertz CT molecular complexity index is 983. The van der Waals surface area contributed by atoms with Gasteiger partial charge in [0.15, 0.2) is 11.9 Å². The summed E-state index contributed by atoms with van der Waals surface area (Å²) in [6.45, 7) is 16.3. The molecular weight excluding hydrogens is 440 g/mol. The quantitative estimate of drug-likeness (QED) is 0.349. The van der Waals surface area contributed by atoms with E-state index in [4.69, 9.17) is 14.2 Å². The van der Waals surface area contributed by atoms with E-state index in [2.05, 4.69) is 6.58 Å². The van der Waals surface area contributed by atoms with Crippen molar-refractivity contribution in [3.05, 3.63) is 12.2 Å². The number of ether oxygens (including phenoxy) is 3. The average Bonchev–Trinajstić information content (AvgIpc) is 2.75. The molecule has 8 nitrogen and oxygen atoms in total. The molecule has 9 atom stereocenters. The second-order valence-electron chi connectivity index (χ2n) is 11.9. The number of hydrogen-bond donors (Lipinski definition) is 1. The number of fused-ring (bicyclic) bond motifs is 5. The Kier molecular flexibility index (Phi) is 5.41. The first-order valence-corrected chi connectivity index (χ1v) is 12.0. The van der Waals surface area contributed by atoms with Crippen molar-refractivity contribution in [3.8, 4) is 0 Å². The number of rotatable bonds is 1. The second kappa shape index (κ2) is 7.39. The zero-order valence-electron chi connectivity index (χ0n) is 21.1. The van der Waals surface area contributed by atoms with Gasteiger partial charge in [-0.2, -0.15) is 0 Å². The molecule has 2 saturated carbocycles. The van der Waals surface area contributed by atoms with Crippen molar-refractivity contribution in [2.45, 2.75) is 91.6 Å². The zero-order chi connectivity index (χ0) is 25.6. The van der Waals surface area contributed by atoms with Gasteiger partial charge in [-0.15, -0.1) is 0 Å². The van der Waals surface area contributed by atoms with Crippen LogP contribution in [0.5, 0.6) is 0 Å². The number of carbonyl (C=O) groups is 4. The summed E-state index contributed by atoms with van der Waals surface area (Å²) in [4.78, 5) is 51.8. The van der Waals surface area contributed by atoms with E-state index in [0.29, 0.717) is 12.0 Å². The molecule has 2 heterocycles. The number of aliphatic hydroxyl groups excluding tert-OH is 1. The van der Waals surface area contributed by atoms with Crippen LogP contribution < -0.4 is 0 Å². The van der Waals surface area contributed by atoms with Crippen molar-refractivity contribution in [2.24, 2.45) is 34.0 Å². The van der Waals surface area contributed by atoms with Gasteiger partial charge in [-0.05, 0) is 46.5 Å². The highest BCUT2D eigenvalue weighted by atomic mass is 16.6. The molecule has 0 amide bonds. The highest BCUT2D eigenvalue weighted by molar-refractivity contribution is 6.00. The lowest BCUT2D eigenvalue weighted by Crippen LogP contribution is -2.72. The van der Waals surface area contributed by atoms with Gasteiger partial charge in [-0.1, -0.05) is 26.0 Å². The smallest absolute Gasteiger partial charge is 0.311 e. The van der Waals surface area contributed by atoms with Crippen LogP contribution >= 0.6 is 0 Å². The number of carbonyl (C=O) groups excluding carboxylic acids is 4. The van der Waals surface area contributed by atoms with Crippen molar-refractivity contribution in [3.63, 3.8) is 0 Å². The Morgan fingerprint density at radius 2 is 1.68 bits per heavy atom. The van der Waals surface area contributed by atoms with Crippen LogP contribution in [0.15, 0.2) is 12.2 Å². The Labute approximate surface area is 200 Å². The van der Waals surface area contributed by atoms with Crippen molar-refractivity contribution in [1.82, 2.24) is 0 Å². The molecule has 4 aliphatic rings. The number of Topliss-reactive ketones (excluding diaryl/α,β-unsaturated/α-hetero) is 1. The minimum absolute atomic E-state index is 0.184. The number of esters is 3. The molecule has 0 radical (unpaired) electrons. The SMILES string of the molecule is C=C1C[C@H]2[C@](C)([C@@H](OC(C)=O)C[C@H]3C(C)(C)OC(=O)C[C@@H](O)[C@@]23C)[C@@H]2C(=O)O[C@H](C)C(=O)[C@@]12C. The lowest BCUT2D eigenvalue weighted by Gasteiger charge is -2.68. The molecule has 2 aliphatic carbocycles. The van der Waals surface area contributed by atoms with Crippen LogP contribution in [-0.4, -0.2) is 52.7 Å². The molecule has 0 aromatic carbocycles. The van der Waals surface area contributed by atoms with Crippen LogP contribution in [0.25, 0.3) is 0 Å². The predicted octanol–water partition coefficient (Wildman–Crippen LogP) is 2.75. The highest BCUT2D eigenvalue weighted by Gasteiger charge is 2.75. The van der Waals surface area contributed by atoms with Gasteiger partial charge < -0.3 is 19.3 Å². The van der Waals surface area contributed by atoms with Gasteiger partial charge >= 0.3 is 17.9 Å². The summed E-state index contributed by atoms with van der Waals surface area (Å²) in [6.07, 6.45) is -2.31. The fourth-order valence-electron chi connectivity index (χ4n) is 8.15. The Balaban J connectivity index is 1.98. The summed E-state index contributed by atoms with van der Waals surface area (Å²) in [5.74, 6) is -3.53. The van der Waals surface area contributed by atoms with Crippen LogP contribution in [0.1, 0.15) is 67.7 Å². The molecule has 188 valence electrons. The minimum atomic E-state index is -1.20. The zero-order valence-corrected chi connectivity index (χ0v) is 21.1. The maximum atomic E-state index is 13.5. The van der Waals surface area contributed by atoms with E-state index in [-0.39, 0.29) is 24.5 Å². The van der Waals surface area contributed by atoms with Crippen LogP contribution in [0.2, 0.25) is 0 Å². The summed E-state index contributed by atoms with van der Waals surface area (Å²) in [5.41, 5.74) is -3.50. The molecule has 0 aromatic heterocycles. The predicted molar refractivity (Wildman–Crippen MR) is 120 cm³/mol. The molecule has 4 rings (SSSR count). The van der Waals surface area contributed by atoms with Crippen molar-refractivity contribution in [1.29, 1.82) is 0 Å². The van der Waals surface area contributed by atoms with Gasteiger partial charge in [0.05, 0.1) is 23.9 Å². The fourth-order valence-corrected chi connectivity index (χ4v) is 8.15. The van der Waals surface area contributed by atoms with Crippen molar-refractivity contribution in [2.75, 3.05) is 0 Å². The lowest BCUT2D eigenvalue weighted by atomic mass is 9.36. The third-order valence-corrected chi connectivity index (χ3v) is 9.79. The van der Waals surface area contributed by atoms with Gasteiger partial charge in [0.2, 0.25) is 0 Å². The number of allylic oxidation sites excluding steroid dienone is 1. The molecule has 0 bridgehead atoms. The van der Waals surface area contributed by atoms with E-state index in [0.717, 1.165) is 0 Å². The molecular formula is C26H36O8. The largest absolute Gasteiger partial charge is 0.462 e. The third-order valence-electron chi connectivity index (χ3n) is 9.79. The summed E-state index contributed by atoms with van der Waals surface area (Å²) in [5, 5.41) is 11.5. The first kappa shape index (κ1) is 24.9. The Morgan fingerprint density at radius 1 is 1.06 bits per heavy atom. The molecule has 2 saturated heterocycles. The van der Waals surface area contributed by atoms with E-state index >= 15 is 0 Å². The van der Waals surface area contributed by atoms with Crippen LogP contribution in [0.3, 0.4) is 0 Å². The number of aliphatic hydroxyl groups is 1. The van der Waals surface area contributed by atoms with E-state index in [1.165, 1.54) is 6.92 Å². The van der Waals surface area contributed by atoms with Gasteiger partial charge in [0, 0.05) is 23.7 Å². The van der Waals surface area contributed by atoms with E-state index < -0.39 is 69.9 Å². The molecule has 2 aliphatic heterocycles. The third kappa shape index (κ3) is 2.99. The normalized spacial score (nSPS) is 47.9. The summed E-state index contributed by atoms with van der Waals surface area (Å²) < 4.78 is 17.2. The summed E-state index contributed by atoms with van der Waals surface area (Å²) in [6, 6.07) is 0. The molecule has 1 N–H and O–H groups in total. The molecule has 0 spiro atoms. The standard InChI is InChI=1S/C26H36O8/c1-12-9-16-25(7)15(23(4,5)34-19(29)11-17(25)28)10-18(33-14(3)27)26(16,8)20-22(31)32-13(2)21(30)24(12,20)6/h13,15-18,20,28H,1,9-11H2,2-8H3/t13-,15+,16-,17-,18+,20-,24+,25-,26-/m1/s1. The molecule has 4 fully saturated rings. The van der Waals surface area contributed by atoms with E-state index in [1.807, 2.05) is 13.8 Å². The van der Waals surface area contributed by atoms with Gasteiger partial charge in [-0.25, -0.2) is 0 Å². The fraction of sp³-hybridized carbons (Fsp3) is 0.769. The summed E-state index contributed by atoms with van der Waals surface area (Å²) in [7, 11) is 0. The summed E-state index contributed by atoms with van der Waals surface area (Å²) >= 11 is 0. The van der Waals surface area contributed by atoms with Crippen LogP contribution in [0, 0.1) is 34.0 Å². The monoisotopic (exact) mass is 476 g/mol. The van der Waals surface area contributed by atoms with Crippen LogP contribution in [0.4, 0.5) is 0 Å². The lowest BCUT2D eigenvalue weighted by molar-refractivity contribution is -0.255. The minimum Gasteiger partial charge on any atom is -0.462 e. The molecule has 0 aromatic rings. The van der Waals surface area contributed by atoms with Gasteiger partial charge in [-0.3, -0.25) is 19.2 Å². The second-order valence-corrected chi connectivity index (χ2v) is 11.9. The van der Waals surface area contributed by atoms with Crippen molar-refractivity contribution < 1.29 is 38.5 Å².